The van der Waals surface area contributed by atoms with Gasteiger partial charge in [0.25, 0.3) is 17.5 Å². The molecule has 10 nitrogen and oxygen atoms in total. The summed E-state index contributed by atoms with van der Waals surface area (Å²) in [7, 11) is 0. The molecule has 0 bridgehead atoms. The van der Waals surface area contributed by atoms with Crippen LogP contribution in [0.5, 0.6) is 0 Å². The predicted molar refractivity (Wildman–Crippen MR) is 107 cm³/mol. The van der Waals surface area contributed by atoms with E-state index in [1.807, 2.05) is 6.07 Å². The number of rotatable bonds is 7. The van der Waals surface area contributed by atoms with Gasteiger partial charge in [0.05, 0.1) is 16.6 Å². The molecule has 0 radical (unpaired) electrons. The third kappa shape index (κ3) is 4.15. The molecule has 2 aliphatic heterocycles. The molecule has 1 unspecified atom stereocenters. The van der Waals surface area contributed by atoms with E-state index in [0.717, 1.165) is 23.3 Å². The van der Waals surface area contributed by atoms with Crippen molar-refractivity contribution in [3.63, 3.8) is 0 Å². The molecule has 31 heavy (non-hydrogen) atoms. The second kappa shape index (κ2) is 8.60. The Morgan fingerprint density at radius 3 is 2.77 bits per heavy atom. The van der Waals surface area contributed by atoms with Gasteiger partial charge in [0.15, 0.2) is 0 Å². The minimum absolute atomic E-state index is 0.0649. The molecule has 1 aromatic carbocycles. The maximum atomic E-state index is 13.1. The van der Waals surface area contributed by atoms with Gasteiger partial charge < -0.3 is 9.64 Å². The van der Waals surface area contributed by atoms with Gasteiger partial charge in [-0.3, -0.25) is 34.4 Å². The van der Waals surface area contributed by atoms with Gasteiger partial charge in [-0.1, -0.05) is 12.1 Å². The number of fused-ring (bicyclic) bond motifs is 1. The van der Waals surface area contributed by atoms with Crippen LogP contribution in [0.1, 0.15) is 39.1 Å². The molecular weight excluding hydrogens is 404 g/mol. The fourth-order valence-corrected chi connectivity index (χ4v) is 3.85. The fraction of sp³-hybridized carbons (Fsp3) is 0.333. The van der Waals surface area contributed by atoms with Gasteiger partial charge in [0.2, 0.25) is 5.91 Å². The Morgan fingerprint density at radius 2 is 2.10 bits per heavy atom. The average molecular weight is 424 g/mol. The average Bonchev–Trinajstić information content (AvgIpc) is 3.36. The molecule has 10 heteroatoms. The van der Waals surface area contributed by atoms with Crippen LogP contribution in [0.3, 0.4) is 0 Å². The molecule has 1 saturated heterocycles. The Morgan fingerprint density at radius 1 is 1.26 bits per heavy atom. The van der Waals surface area contributed by atoms with E-state index in [0.29, 0.717) is 13.2 Å². The molecule has 0 saturated carbocycles. The van der Waals surface area contributed by atoms with Gasteiger partial charge in [-0.2, -0.15) is 0 Å². The van der Waals surface area contributed by atoms with E-state index in [1.54, 1.807) is 18.5 Å². The van der Waals surface area contributed by atoms with Crippen LogP contribution >= 0.6 is 0 Å². The van der Waals surface area contributed by atoms with E-state index >= 15 is 0 Å². The SMILES string of the molecule is O=C(CN1C(=O)c2cccc([N+](=O)[O-])c2C1=O)N(Cc1cccnc1)CC1CCCO1. The van der Waals surface area contributed by atoms with Crippen molar-refractivity contribution in [2.24, 2.45) is 0 Å². The van der Waals surface area contributed by atoms with Crippen molar-refractivity contribution < 1.29 is 24.0 Å². The number of nitro groups is 1. The summed E-state index contributed by atoms with van der Waals surface area (Å²) in [5, 5.41) is 11.3. The molecule has 0 N–H and O–H groups in total. The van der Waals surface area contributed by atoms with Gasteiger partial charge >= 0.3 is 0 Å². The number of pyridine rings is 1. The van der Waals surface area contributed by atoms with Crippen molar-refractivity contribution in [3.8, 4) is 0 Å². The Bertz CT molecular complexity index is 1040. The van der Waals surface area contributed by atoms with Crippen LogP contribution < -0.4 is 0 Å². The van der Waals surface area contributed by atoms with E-state index in [2.05, 4.69) is 4.98 Å². The Kier molecular flexibility index (Phi) is 5.72. The largest absolute Gasteiger partial charge is 0.376 e. The third-order valence-electron chi connectivity index (χ3n) is 5.36. The lowest BCUT2D eigenvalue weighted by atomic mass is 10.1. The van der Waals surface area contributed by atoms with Gasteiger partial charge in [-0.05, 0) is 30.5 Å². The summed E-state index contributed by atoms with van der Waals surface area (Å²) < 4.78 is 5.64. The highest BCUT2D eigenvalue weighted by Gasteiger charge is 2.42. The minimum atomic E-state index is -0.834. The number of amides is 3. The molecule has 3 amide bonds. The summed E-state index contributed by atoms with van der Waals surface area (Å²) in [6.07, 6.45) is 4.86. The number of imide groups is 1. The maximum Gasteiger partial charge on any atom is 0.282 e. The normalized spacial score (nSPS) is 17.7. The fourth-order valence-electron chi connectivity index (χ4n) is 3.85. The quantitative estimate of drug-likeness (QED) is 0.377. The van der Waals surface area contributed by atoms with Crippen LogP contribution in [0.4, 0.5) is 5.69 Å². The molecule has 2 aromatic rings. The molecule has 2 aliphatic rings. The number of nitro benzene ring substituents is 1. The first-order chi connectivity index (χ1) is 15.0. The van der Waals surface area contributed by atoms with Crippen LogP contribution in [0, 0.1) is 10.1 Å². The topological polar surface area (TPSA) is 123 Å². The molecule has 1 atom stereocenters. The number of benzene rings is 1. The first-order valence-electron chi connectivity index (χ1n) is 9.87. The molecule has 0 spiro atoms. The Balaban J connectivity index is 1.55. The number of carbonyl (C=O) groups excluding carboxylic acids is 3. The maximum absolute atomic E-state index is 13.1. The van der Waals surface area contributed by atoms with E-state index in [-0.39, 0.29) is 23.8 Å². The number of hydrogen-bond acceptors (Lipinski definition) is 7. The molecule has 1 fully saturated rings. The van der Waals surface area contributed by atoms with Crippen molar-refractivity contribution in [3.05, 3.63) is 69.5 Å². The smallest absolute Gasteiger partial charge is 0.282 e. The van der Waals surface area contributed by atoms with Crippen molar-refractivity contribution in [2.75, 3.05) is 19.7 Å². The van der Waals surface area contributed by atoms with E-state index in [1.165, 1.54) is 23.1 Å². The second-order valence-electron chi connectivity index (χ2n) is 7.42. The van der Waals surface area contributed by atoms with Gasteiger partial charge in [-0.15, -0.1) is 0 Å². The zero-order valence-electron chi connectivity index (χ0n) is 16.6. The Hall–Kier alpha value is -3.66. The number of aromatic nitrogens is 1. The molecule has 4 rings (SSSR count). The zero-order chi connectivity index (χ0) is 22.0. The predicted octanol–water partition coefficient (Wildman–Crippen LogP) is 1.79. The van der Waals surface area contributed by atoms with Gasteiger partial charge in [0.1, 0.15) is 12.1 Å². The van der Waals surface area contributed by atoms with Crippen LogP contribution in [0.2, 0.25) is 0 Å². The monoisotopic (exact) mass is 424 g/mol. The van der Waals surface area contributed by atoms with Crippen LogP contribution in [-0.4, -0.2) is 63.2 Å². The molecule has 160 valence electrons. The summed E-state index contributed by atoms with van der Waals surface area (Å²) >= 11 is 0. The van der Waals surface area contributed by atoms with E-state index in [9.17, 15) is 24.5 Å². The summed E-state index contributed by atoms with van der Waals surface area (Å²) in [6, 6.07) is 7.45. The molecule has 1 aromatic heterocycles. The van der Waals surface area contributed by atoms with E-state index < -0.39 is 34.9 Å². The summed E-state index contributed by atoms with van der Waals surface area (Å²) in [6.45, 7) is 0.686. The first-order valence-corrected chi connectivity index (χ1v) is 9.87. The van der Waals surface area contributed by atoms with Gasteiger partial charge in [-0.25, -0.2) is 0 Å². The number of carbonyl (C=O) groups is 3. The number of ether oxygens (including phenoxy) is 1. The van der Waals surface area contributed by atoms with Crippen molar-refractivity contribution in [1.29, 1.82) is 0 Å². The lowest BCUT2D eigenvalue weighted by Gasteiger charge is -2.27. The van der Waals surface area contributed by atoms with Crippen LogP contribution in [0.25, 0.3) is 0 Å². The minimum Gasteiger partial charge on any atom is -0.376 e. The second-order valence-corrected chi connectivity index (χ2v) is 7.42. The van der Waals surface area contributed by atoms with Crippen LogP contribution in [0.15, 0.2) is 42.7 Å². The highest BCUT2D eigenvalue weighted by molar-refractivity contribution is 6.24. The summed E-state index contributed by atoms with van der Waals surface area (Å²) in [5.74, 6) is -1.99. The lowest BCUT2D eigenvalue weighted by Crippen LogP contribution is -2.44. The molecule has 0 aliphatic carbocycles. The number of nitrogens with zero attached hydrogens (tertiary/aromatic N) is 4. The lowest BCUT2D eigenvalue weighted by molar-refractivity contribution is -0.385. The zero-order valence-corrected chi connectivity index (χ0v) is 16.6. The molecule has 3 heterocycles. The van der Waals surface area contributed by atoms with Gasteiger partial charge in [0, 0.05) is 38.2 Å². The number of hydrogen-bond donors (Lipinski definition) is 0. The Labute approximate surface area is 177 Å². The standard InChI is InChI=1S/C21H20N4O6/c26-18(23(12-15-5-3-9-31-15)11-14-4-2-8-22-10-14)13-24-20(27)16-6-1-7-17(25(29)30)19(16)21(24)28/h1-2,4,6-8,10,15H,3,5,9,11-13H2. The van der Waals surface area contributed by atoms with Crippen LogP contribution in [-0.2, 0) is 16.1 Å². The summed E-state index contributed by atoms with van der Waals surface area (Å²) in [4.78, 5) is 55.6. The van der Waals surface area contributed by atoms with Crippen molar-refractivity contribution in [2.45, 2.75) is 25.5 Å². The highest BCUT2D eigenvalue weighted by Crippen LogP contribution is 2.30. The highest BCUT2D eigenvalue weighted by atomic mass is 16.6. The van der Waals surface area contributed by atoms with Crippen molar-refractivity contribution >= 4 is 23.4 Å². The van der Waals surface area contributed by atoms with E-state index in [4.69, 9.17) is 4.74 Å². The summed E-state index contributed by atoms with van der Waals surface area (Å²) in [5.41, 5.74) is 0.0115. The molecular formula is C21H20N4O6. The van der Waals surface area contributed by atoms with Crippen molar-refractivity contribution in [1.82, 2.24) is 14.8 Å². The first kappa shape index (κ1) is 20.6. The third-order valence-corrected chi connectivity index (χ3v) is 5.36.